The summed E-state index contributed by atoms with van der Waals surface area (Å²) in [5.41, 5.74) is 0.471. The van der Waals surface area contributed by atoms with Gasteiger partial charge in [-0.3, -0.25) is 14.9 Å². The molecule has 0 aliphatic heterocycles. The molecule has 1 fully saturated rings. The first-order chi connectivity index (χ1) is 11.7. The van der Waals surface area contributed by atoms with E-state index in [1.165, 1.54) is 11.3 Å². The zero-order valence-electron chi connectivity index (χ0n) is 13.2. The summed E-state index contributed by atoms with van der Waals surface area (Å²) < 4.78 is 5.32. The van der Waals surface area contributed by atoms with Gasteiger partial charge in [-0.1, -0.05) is 11.3 Å². The number of amides is 2. The minimum Gasteiger partial charge on any atom is -0.494 e. The maximum atomic E-state index is 12.0. The van der Waals surface area contributed by atoms with Crippen LogP contribution < -0.4 is 15.4 Å². The highest BCUT2D eigenvalue weighted by molar-refractivity contribution is 7.15. The summed E-state index contributed by atoms with van der Waals surface area (Å²) >= 11 is 1.39. The van der Waals surface area contributed by atoms with Crippen LogP contribution in [0.2, 0.25) is 0 Å². The normalized spacial score (nSPS) is 13.4. The van der Waals surface area contributed by atoms with Crippen LogP contribution in [-0.4, -0.2) is 35.2 Å². The van der Waals surface area contributed by atoms with Crippen LogP contribution in [0, 0.1) is 0 Å². The lowest BCUT2D eigenvalue weighted by molar-refractivity contribution is -0.115. The number of anilines is 1. The summed E-state index contributed by atoms with van der Waals surface area (Å²) in [5, 5.41) is 14.6. The lowest BCUT2D eigenvalue weighted by atomic mass is 10.2. The zero-order chi connectivity index (χ0) is 16.9. The number of nitrogens with zero attached hydrogens (tertiary/aromatic N) is 2. The number of rotatable bonds is 7. The molecular formula is C16H18N4O3S. The maximum Gasteiger partial charge on any atom is 0.251 e. The van der Waals surface area contributed by atoms with Gasteiger partial charge in [0.1, 0.15) is 10.8 Å². The molecule has 8 heteroatoms. The molecule has 1 aromatic carbocycles. The van der Waals surface area contributed by atoms with Crippen molar-refractivity contribution in [2.45, 2.75) is 25.7 Å². The number of benzene rings is 1. The Hall–Kier alpha value is -2.48. The van der Waals surface area contributed by atoms with Gasteiger partial charge in [0.2, 0.25) is 11.0 Å². The smallest absolute Gasteiger partial charge is 0.251 e. The highest BCUT2D eigenvalue weighted by Gasteiger charge is 2.27. The standard InChI is InChI=1S/C16H18N4O3S/c1-2-23-12-7-5-10(6-8-12)14(22)17-9-13(21)18-16-20-19-15(24-16)11-3-4-11/h5-8,11H,2-4,9H2,1H3,(H,17,22)(H,18,20,21). The van der Waals surface area contributed by atoms with Crippen LogP contribution >= 0.6 is 11.3 Å². The molecule has 1 aliphatic carbocycles. The summed E-state index contributed by atoms with van der Waals surface area (Å²) in [5.74, 6) is 0.568. The quantitative estimate of drug-likeness (QED) is 0.801. The number of ether oxygens (including phenoxy) is 1. The van der Waals surface area contributed by atoms with E-state index in [1.807, 2.05) is 6.92 Å². The predicted octanol–water partition coefficient (Wildman–Crippen LogP) is 2.18. The first-order valence-electron chi connectivity index (χ1n) is 7.80. The van der Waals surface area contributed by atoms with E-state index in [-0.39, 0.29) is 18.4 Å². The fourth-order valence-electron chi connectivity index (χ4n) is 2.08. The SMILES string of the molecule is CCOc1ccc(C(=O)NCC(=O)Nc2nnc(C3CC3)s2)cc1. The van der Waals surface area contributed by atoms with Crippen LogP contribution in [0.25, 0.3) is 0 Å². The van der Waals surface area contributed by atoms with Gasteiger partial charge in [0.25, 0.3) is 5.91 Å². The van der Waals surface area contributed by atoms with Crippen molar-refractivity contribution >= 4 is 28.3 Å². The second-order valence-electron chi connectivity index (χ2n) is 5.41. The Balaban J connectivity index is 1.46. The van der Waals surface area contributed by atoms with Crippen molar-refractivity contribution in [2.24, 2.45) is 0 Å². The molecule has 0 bridgehead atoms. The molecule has 2 aromatic rings. The van der Waals surface area contributed by atoms with Gasteiger partial charge in [0.15, 0.2) is 0 Å². The van der Waals surface area contributed by atoms with E-state index in [2.05, 4.69) is 20.8 Å². The molecule has 7 nitrogen and oxygen atoms in total. The number of nitrogens with one attached hydrogen (secondary N) is 2. The largest absolute Gasteiger partial charge is 0.494 e. The summed E-state index contributed by atoms with van der Waals surface area (Å²) in [6.07, 6.45) is 2.28. The molecule has 3 rings (SSSR count). The predicted molar refractivity (Wildman–Crippen MR) is 90.5 cm³/mol. The Labute approximate surface area is 143 Å². The first-order valence-corrected chi connectivity index (χ1v) is 8.61. The highest BCUT2D eigenvalue weighted by atomic mass is 32.1. The van der Waals surface area contributed by atoms with E-state index in [4.69, 9.17) is 4.74 Å². The summed E-state index contributed by atoms with van der Waals surface area (Å²) in [6, 6.07) is 6.76. The number of hydrogen-bond donors (Lipinski definition) is 2. The molecule has 0 saturated heterocycles. The number of carbonyl (C=O) groups excluding carboxylic acids is 2. The first kappa shape index (κ1) is 16.4. The monoisotopic (exact) mass is 346 g/mol. The summed E-state index contributed by atoms with van der Waals surface area (Å²) in [6.45, 7) is 2.34. The molecule has 1 aromatic heterocycles. The second-order valence-corrected chi connectivity index (χ2v) is 6.42. The minimum absolute atomic E-state index is 0.121. The van der Waals surface area contributed by atoms with Crippen molar-refractivity contribution < 1.29 is 14.3 Å². The number of carbonyl (C=O) groups is 2. The van der Waals surface area contributed by atoms with Crippen molar-refractivity contribution in [3.63, 3.8) is 0 Å². The molecule has 24 heavy (non-hydrogen) atoms. The fourth-order valence-corrected chi connectivity index (χ4v) is 3.00. The van der Waals surface area contributed by atoms with Crippen LogP contribution in [0.1, 0.15) is 41.0 Å². The van der Waals surface area contributed by atoms with Crippen LogP contribution in [-0.2, 0) is 4.79 Å². The van der Waals surface area contributed by atoms with E-state index in [9.17, 15) is 9.59 Å². The Kier molecular flexibility index (Phi) is 5.05. The molecule has 0 spiro atoms. The summed E-state index contributed by atoms with van der Waals surface area (Å²) in [4.78, 5) is 23.9. The van der Waals surface area contributed by atoms with Gasteiger partial charge in [0, 0.05) is 11.5 Å². The van der Waals surface area contributed by atoms with Crippen molar-refractivity contribution in [3.05, 3.63) is 34.8 Å². The maximum absolute atomic E-state index is 12.0. The van der Waals surface area contributed by atoms with Gasteiger partial charge in [-0.2, -0.15) is 0 Å². The average Bonchev–Trinajstić information content (AvgIpc) is 3.34. The van der Waals surface area contributed by atoms with Gasteiger partial charge in [0.05, 0.1) is 13.2 Å². The van der Waals surface area contributed by atoms with E-state index in [0.717, 1.165) is 17.8 Å². The molecule has 1 saturated carbocycles. The lowest BCUT2D eigenvalue weighted by Crippen LogP contribution is -2.32. The van der Waals surface area contributed by atoms with Crippen molar-refractivity contribution in [1.82, 2.24) is 15.5 Å². The molecular weight excluding hydrogens is 328 g/mol. The Morgan fingerprint density at radius 1 is 1.25 bits per heavy atom. The number of hydrogen-bond acceptors (Lipinski definition) is 6. The Morgan fingerprint density at radius 3 is 2.67 bits per heavy atom. The summed E-state index contributed by atoms with van der Waals surface area (Å²) in [7, 11) is 0. The number of aromatic nitrogens is 2. The third-order valence-electron chi connectivity index (χ3n) is 3.45. The minimum atomic E-state index is -0.326. The van der Waals surface area contributed by atoms with Gasteiger partial charge >= 0.3 is 0 Å². The zero-order valence-corrected chi connectivity index (χ0v) is 14.1. The van der Waals surface area contributed by atoms with Crippen LogP contribution in [0.15, 0.2) is 24.3 Å². The molecule has 1 aliphatic rings. The van der Waals surface area contributed by atoms with E-state index in [0.29, 0.717) is 29.0 Å². The van der Waals surface area contributed by atoms with E-state index in [1.54, 1.807) is 24.3 Å². The highest BCUT2D eigenvalue weighted by Crippen LogP contribution is 2.41. The van der Waals surface area contributed by atoms with Crippen molar-refractivity contribution in [3.8, 4) is 5.75 Å². The Bertz CT molecular complexity index is 725. The molecule has 126 valence electrons. The third kappa shape index (κ3) is 4.29. The molecule has 0 atom stereocenters. The molecule has 2 amide bonds. The topological polar surface area (TPSA) is 93.2 Å². The molecule has 2 N–H and O–H groups in total. The van der Waals surface area contributed by atoms with E-state index < -0.39 is 0 Å². The third-order valence-corrected chi connectivity index (χ3v) is 4.45. The van der Waals surface area contributed by atoms with Gasteiger partial charge in [-0.25, -0.2) is 0 Å². The van der Waals surface area contributed by atoms with Gasteiger partial charge < -0.3 is 10.1 Å². The fraction of sp³-hybridized carbons (Fsp3) is 0.375. The van der Waals surface area contributed by atoms with Crippen molar-refractivity contribution in [1.29, 1.82) is 0 Å². The van der Waals surface area contributed by atoms with Crippen LogP contribution in [0.5, 0.6) is 5.75 Å². The lowest BCUT2D eigenvalue weighted by Gasteiger charge is -2.06. The van der Waals surface area contributed by atoms with E-state index >= 15 is 0 Å². The van der Waals surface area contributed by atoms with Gasteiger partial charge in [-0.15, -0.1) is 10.2 Å². The van der Waals surface area contributed by atoms with Crippen molar-refractivity contribution in [2.75, 3.05) is 18.5 Å². The van der Waals surface area contributed by atoms with Crippen LogP contribution in [0.3, 0.4) is 0 Å². The second kappa shape index (κ2) is 7.39. The van der Waals surface area contributed by atoms with Crippen LogP contribution in [0.4, 0.5) is 5.13 Å². The van der Waals surface area contributed by atoms with Gasteiger partial charge in [-0.05, 0) is 44.0 Å². The molecule has 0 unspecified atom stereocenters. The Morgan fingerprint density at radius 2 is 2.00 bits per heavy atom. The molecule has 1 heterocycles. The average molecular weight is 346 g/mol. The molecule has 0 radical (unpaired) electrons.